The van der Waals surface area contributed by atoms with Gasteiger partial charge in [-0.15, -0.1) is 0 Å². The topological polar surface area (TPSA) is 26.0 Å². The minimum atomic E-state index is -0.284. The molecule has 0 saturated heterocycles. The van der Waals surface area contributed by atoms with Gasteiger partial charge < -0.3 is 4.42 Å². The van der Waals surface area contributed by atoms with Gasteiger partial charge in [0.25, 0.3) is 4.80 Å². The van der Waals surface area contributed by atoms with Crippen molar-refractivity contribution in [1.82, 2.24) is 4.98 Å². The van der Waals surface area contributed by atoms with Crippen LogP contribution in [-0.2, 0) is 6.42 Å². The predicted octanol–water partition coefficient (Wildman–Crippen LogP) is 3.81. The Morgan fingerprint density at radius 2 is 2.13 bits per heavy atom. The summed E-state index contributed by atoms with van der Waals surface area (Å²) in [5.41, 5.74) is 1.05. The number of oxazole rings is 1. The Morgan fingerprint density at radius 3 is 2.80 bits per heavy atom. The highest BCUT2D eigenvalue weighted by atomic mass is 79.9. The highest BCUT2D eigenvalue weighted by Gasteiger charge is 2.14. The van der Waals surface area contributed by atoms with Crippen LogP contribution in [0.2, 0.25) is 0 Å². The lowest BCUT2D eigenvalue weighted by Crippen LogP contribution is -1.87. The average molecular weight is 270 g/mol. The zero-order valence-corrected chi connectivity index (χ0v) is 9.71. The third-order valence-electron chi connectivity index (χ3n) is 2.12. The molecule has 0 bridgehead atoms. The van der Waals surface area contributed by atoms with E-state index in [0.29, 0.717) is 28.2 Å². The van der Waals surface area contributed by atoms with Gasteiger partial charge in [0, 0.05) is 27.9 Å². The van der Waals surface area contributed by atoms with Crippen molar-refractivity contribution < 1.29 is 8.81 Å². The molecule has 0 spiro atoms. The molecular formula is C11H9BrFNO. The minimum absolute atomic E-state index is 0.284. The summed E-state index contributed by atoms with van der Waals surface area (Å²) >= 11 is 3.15. The maximum atomic E-state index is 13.5. The fourth-order valence-electron chi connectivity index (χ4n) is 1.43. The SMILES string of the molecule is CCc1oc(Br)nc1-c1ccccc1F. The van der Waals surface area contributed by atoms with Crippen LogP contribution in [0.25, 0.3) is 11.3 Å². The highest BCUT2D eigenvalue weighted by Crippen LogP contribution is 2.28. The van der Waals surface area contributed by atoms with Crippen LogP contribution in [0.1, 0.15) is 12.7 Å². The van der Waals surface area contributed by atoms with E-state index in [1.807, 2.05) is 6.92 Å². The first kappa shape index (κ1) is 10.4. The van der Waals surface area contributed by atoms with Gasteiger partial charge in [-0.25, -0.2) is 9.37 Å². The zero-order chi connectivity index (χ0) is 10.8. The Kier molecular flexibility index (Phi) is 2.86. The molecule has 0 saturated carbocycles. The van der Waals surface area contributed by atoms with Crippen LogP contribution in [0, 0.1) is 5.82 Å². The first-order chi connectivity index (χ1) is 7.22. The molecule has 0 atom stereocenters. The summed E-state index contributed by atoms with van der Waals surface area (Å²) in [6, 6.07) is 6.54. The second kappa shape index (κ2) is 4.14. The lowest BCUT2D eigenvalue weighted by Gasteiger charge is -1.99. The predicted molar refractivity (Wildman–Crippen MR) is 59.0 cm³/mol. The third kappa shape index (κ3) is 1.95. The Morgan fingerprint density at radius 1 is 1.40 bits per heavy atom. The molecule has 0 radical (unpaired) electrons. The van der Waals surface area contributed by atoms with E-state index in [2.05, 4.69) is 20.9 Å². The first-order valence-electron chi connectivity index (χ1n) is 4.62. The minimum Gasteiger partial charge on any atom is -0.436 e. The number of aryl methyl sites for hydroxylation is 1. The van der Waals surface area contributed by atoms with E-state index in [1.165, 1.54) is 6.07 Å². The maximum Gasteiger partial charge on any atom is 0.264 e. The second-order valence-electron chi connectivity index (χ2n) is 3.07. The normalized spacial score (nSPS) is 10.6. The van der Waals surface area contributed by atoms with Crippen LogP contribution in [0.4, 0.5) is 4.39 Å². The van der Waals surface area contributed by atoms with E-state index in [1.54, 1.807) is 18.2 Å². The molecule has 0 amide bonds. The Balaban J connectivity index is 2.58. The van der Waals surface area contributed by atoms with E-state index >= 15 is 0 Å². The fourth-order valence-corrected chi connectivity index (χ4v) is 1.80. The van der Waals surface area contributed by atoms with Crippen molar-refractivity contribution in [1.29, 1.82) is 0 Å². The molecule has 0 unspecified atom stereocenters. The van der Waals surface area contributed by atoms with Gasteiger partial charge in [0.1, 0.15) is 17.3 Å². The number of hydrogen-bond acceptors (Lipinski definition) is 2. The van der Waals surface area contributed by atoms with E-state index in [9.17, 15) is 4.39 Å². The Labute approximate surface area is 95.3 Å². The van der Waals surface area contributed by atoms with Gasteiger partial charge in [-0.05, 0) is 12.1 Å². The van der Waals surface area contributed by atoms with Crippen molar-refractivity contribution in [3.63, 3.8) is 0 Å². The van der Waals surface area contributed by atoms with Crippen molar-refractivity contribution in [2.45, 2.75) is 13.3 Å². The number of aromatic nitrogens is 1. The van der Waals surface area contributed by atoms with Crippen LogP contribution < -0.4 is 0 Å². The molecule has 0 N–H and O–H groups in total. The van der Waals surface area contributed by atoms with Gasteiger partial charge in [0.05, 0.1) is 0 Å². The van der Waals surface area contributed by atoms with E-state index in [0.717, 1.165) is 0 Å². The molecule has 2 aromatic rings. The van der Waals surface area contributed by atoms with Crippen LogP contribution in [0.3, 0.4) is 0 Å². The molecule has 15 heavy (non-hydrogen) atoms. The molecule has 2 nitrogen and oxygen atoms in total. The number of benzene rings is 1. The number of rotatable bonds is 2. The number of nitrogens with zero attached hydrogens (tertiary/aromatic N) is 1. The van der Waals surface area contributed by atoms with E-state index in [-0.39, 0.29) is 5.82 Å². The van der Waals surface area contributed by atoms with Crippen molar-refractivity contribution in [2.75, 3.05) is 0 Å². The van der Waals surface area contributed by atoms with E-state index < -0.39 is 0 Å². The lowest BCUT2D eigenvalue weighted by molar-refractivity contribution is 0.485. The molecular weight excluding hydrogens is 261 g/mol. The molecule has 0 fully saturated rings. The van der Waals surface area contributed by atoms with E-state index in [4.69, 9.17) is 4.42 Å². The summed E-state index contributed by atoms with van der Waals surface area (Å²) in [7, 11) is 0. The maximum absolute atomic E-state index is 13.5. The van der Waals surface area contributed by atoms with Crippen LogP contribution in [0.15, 0.2) is 33.5 Å². The highest BCUT2D eigenvalue weighted by molar-refractivity contribution is 9.10. The van der Waals surface area contributed by atoms with Crippen molar-refractivity contribution in [3.8, 4) is 11.3 Å². The standard InChI is InChI=1S/C11H9BrFNO/c1-2-9-10(14-11(12)15-9)7-5-3-4-6-8(7)13/h3-6H,2H2,1H3. The number of halogens is 2. The summed E-state index contributed by atoms with van der Waals surface area (Å²) in [4.78, 5) is 4.51. The molecule has 0 aliphatic carbocycles. The Hall–Kier alpha value is -1.16. The van der Waals surface area contributed by atoms with Crippen LogP contribution in [0.5, 0.6) is 0 Å². The van der Waals surface area contributed by atoms with Crippen LogP contribution >= 0.6 is 15.9 Å². The van der Waals surface area contributed by atoms with Crippen molar-refractivity contribution in [2.24, 2.45) is 0 Å². The summed E-state index contributed by atoms with van der Waals surface area (Å²) in [6.45, 7) is 1.94. The Bertz CT molecular complexity index is 481. The average Bonchev–Trinajstić information content (AvgIpc) is 2.60. The van der Waals surface area contributed by atoms with Crippen LogP contribution in [-0.4, -0.2) is 4.98 Å². The van der Waals surface area contributed by atoms with Crippen molar-refractivity contribution >= 4 is 15.9 Å². The molecule has 0 aliphatic heterocycles. The summed E-state index contributed by atoms with van der Waals surface area (Å²) in [6.07, 6.45) is 0.683. The molecule has 1 aromatic heterocycles. The quantitative estimate of drug-likeness (QED) is 0.829. The molecule has 0 aliphatic rings. The molecule has 2 rings (SSSR count). The van der Waals surface area contributed by atoms with Gasteiger partial charge in [0.2, 0.25) is 0 Å². The van der Waals surface area contributed by atoms with Gasteiger partial charge in [-0.2, -0.15) is 0 Å². The zero-order valence-electron chi connectivity index (χ0n) is 8.13. The second-order valence-corrected chi connectivity index (χ2v) is 3.75. The summed E-state index contributed by atoms with van der Waals surface area (Å²) < 4.78 is 18.8. The monoisotopic (exact) mass is 269 g/mol. The van der Waals surface area contributed by atoms with Gasteiger partial charge >= 0.3 is 0 Å². The molecule has 1 heterocycles. The molecule has 4 heteroatoms. The molecule has 1 aromatic carbocycles. The third-order valence-corrected chi connectivity index (χ3v) is 2.46. The fraction of sp³-hybridized carbons (Fsp3) is 0.182. The molecule has 78 valence electrons. The smallest absolute Gasteiger partial charge is 0.264 e. The van der Waals surface area contributed by atoms with Gasteiger partial charge in [-0.1, -0.05) is 19.1 Å². The first-order valence-corrected chi connectivity index (χ1v) is 5.41. The lowest BCUT2D eigenvalue weighted by atomic mass is 10.1. The van der Waals surface area contributed by atoms with Gasteiger partial charge in [-0.3, -0.25) is 0 Å². The van der Waals surface area contributed by atoms with Gasteiger partial charge in [0.15, 0.2) is 0 Å². The summed E-state index contributed by atoms with van der Waals surface area (Å²) in [5, 5.41) is 0. The number of hydrogen-bond donors (Lipinski definition) is 0. The largest absolute Gasteiger partial charge is 0.436 e. The van der Waals surface area contributed by atoms with Crippen molar-refractivity contribution in [3.05, 3.63) is 40.6 Å². The summed E-state index contributed by atoms with van der Waals surface area (Å²) in [5.74, 6) is 0.403.